The zero-order chi connectivity index (χ0) is 8.20. The van der Waals surface area contributed by atoms with Crippen molar-refractivity contribution in [2.45, 2.75) is 29.0 Å². The van der Waals surface area contributed by atoms with E-state index < -0.39 is 9.70 Å². The molecular formula is C5H12O2S3. The monoisotopic (exact) mass is 200 g/mol. The molecule has 0 unspecified atom stereocenters. The molecule has 0 aliphatic rings. The Labute approximate surface area is 77.3 Å². The molecule has 0 heterocycles. The molecule has 0 saturated heterocycles. The summed E-state index contributed by atoms with van der Waals surface area (Å²) in [4.78, 5) is 0. The van der Waals surface area contributed by atoms with Gasteiger partial charge < -0.3 is 10.2 Å². The number of rotatable bonds is 4. The highest BCUT2D eigenvalue weighted by atomic mass is 32.2. The van der Waals surface area contributed by atoms with E-state index in [0.717, 1.165) is 0 Å². The zero-order valence-corrected chi connectivity index (χ0v) is 8.12. The van der Waals surface area contributed by atoms with Crippen LogP contribution in [0.1, 0.15) is 19.3 Å². The third-order valence-corrected chi connectivity index (χ3v) is 1.65. The number of thiol groups is 3. The minimum absolute atomic E-state index is 0.351. The quantitative estimate of drug-likeness (QED) is 0.346. The molecule has 2 N–H and O–H groups in total. The molecule has 0 saturated carbocycles. The lowest BCUT2D eigenvalue weighted by atomic mass is 10.2. The summed E-state index contributed by atoms with van der Waals surface area (Å²) in [5.74, 6) is 0. The Balaban J connectivity index is 3.21. The van der Waals surface area contributed by atoms with E-state index in [4.69, 9.17) is 10.2 Å². The van der Waals surface area contributed by atoms with Crippen molar-refractivity contribution in [3.8, 4) is 0 Å². The summed E-state index contributed by atoms with van der Waals surface area (Å²) < 4.78 is -0.602. The molecule has 0 radical (unpaired) electrons. The first-order valence-corrected chi connectivity index (χ1v) is 4.29. The van der Waals surface area contributed by atoms with E-state index in [1.165, 1.54) is 0 Å². The molecule has 0 spiro atoms. The summed E-state index contributed by atoms with van der Waals surface area (Å²) in [6.45, 7) is 0. The lowest BCUT2D eigenvalue weighted by molar-refractivity contribution is -0.0463. The second kappa shape index (κ2) is 4.77. The first-order valence-electron chi connectivity index (χ1n) is 2.95. The maximum Gasteiger partial charge on any atom is 0.151 e. The number of aliphatic hydroxyl groups is 2. The number of aliphatic hydroxyl groups excluding tert-OH is 1. The average Bonchev–Trinajstić information content (AvgIpc) is 1.59. The fraction of sp³-hybridized carbons (Fsp3) is 1.00. The van der Waals surface area contributed by atoms with Crippen LogP contribution >= 0.6 is 37.9 Å². The van der Waals surface area contributed by atoms with Crippen molar-refractivity contribution in [2.75, 3.05) is 0 Å². The highest BCUT2D eigenvalue weighted by Crippen LogP contribution is 2.30. The van der Waals surface area contributed by atoms with E-state index in [9.17, 15) is 0 Å². The second-order valence-corrected chi connectivity index (χ2v) is 5.50. The number of hydrogen-bond donors (Lipinski definition) is 5. The molecular weight excluding hydrogens is 188 g/mol. The van der Waals surface area contributed by atoms with Crippen molar-refractivity contribution in [3.63, 3.8) is 0 Å². The van der Waals surface area contributed by atoms with Gasteiger partial charge in [0.05, 0.1) is 3.41 Å². The van der Waals surface area contributed by atoms with E-state index in [-0.39, 0.29) is 0 Å². The van der Waals surface area contributed by atoms with Gasteiger partial charge in [-0.25, -0.2) is 0 Å². The average molecular weight is 200 g/mol. The fourth-order valence-electron chi connectivity index (χ4n) is 0.522. The summed E-state index contributed by atoms with van der Waals surface area (Å²) in [6.07, 6.45) is 0.426. The SMILES string of the molecule is OC(O)CCCC(S)(S)S. The van der Waals surface area contributed by atoms with Crippen LogP contribution in [0.2, 0.25) is 0 Å². The van der Waals surface area contributed by atoms with E-state index >= 15 is 0 Å². The van der Waals surface area contributed by atoms with Crippen LogP contribution in [0.5, 0.6) is 0 Å². The lowest BCUT2D eigenvalue weighted by Gasteiger charge is -2.14. The van der Waals surface area contributed by atoms with Gasteiger partial charge in [-0.2, -0.15) is 37.9 Å². The van der Waals surface area contributed by atoms with Gasteiger partial charge in [0, 0.05) is 0 Å². The smallest absolute Gasteiger partial charge is 0.151 e. The van der Waals surface area contributed by atoms with Crippen LogP contribution in [0.25, 0.3) is 0 Å². The van der Waals surface area contributed by atoms with Gasteiger partial charge in [0.15, 0.2) is 6.29 Å². The van der Waals surface area contributed by atoms with Gasteiger partial charge in [-0.3, -0.25) is 0 Å². The Kier molecular flexibility index (Phi) is 5.23. The minimum atomic E-state index is -1.22. The first kappa shape index (κ1) is 11.0. The zero-order valence-electron chi connectivity index (χ0n) is 5.43. The summed E-state index contributed by atoms with van der Waals surface area (Å²) in [5, 5.41) is 16.9. The molecule has 5 heteroatoms. The van der Waals surface area contributed by atoms with Crippen LogP contribution in [0, 0.1) is 0 Å². The van der Waals surface area contributed by atoms with Crippen molar-refractivity contribution in [1.82, 2.24) is 0 Å². The predicted octanol–water partition coefficient (Wildman–Crippen LogP) is 0.911. The summed E-state index contributed by atoms with van der Waals surface area (Å²) in [5.41, 5.74) is 0. The minimum Gasteiger partial charge on any atom is -0.368 e. The molecule has 10 heavy (non-hydrogen) atoms. The van der Waals surface area contributed by atoms with Crippen molar-refractivity contribution < 1.29 is 10.2 Å². The van der Waals surface area contributed by atoms with Gasteiger partial charge in [0.25, 0.3) is 0 Å². The Morgan fingerprint density at radius 2 is 1.70 bits per heavy atom. The molecule has 0 aromatic carbocycles. The molecule has 0 bridgehead atoms. The standard InChI is InChI=1S/C5H12O2S3/c6-4(7)2-1-3-5(8,9)10/h4,6-10H,1-3H2. The maximum atomic E-state index is 8.43. The Morgan fingerprint density at radius 1 is 1.20 bits per heavy atom. The van der Waals surface area contributed by atoms with E-state index in [0.29, 0.717) is 19.3 Å². The highest BCUT2D eigenvalue weighted by molar-refractivity contribution is 8.16. The van der Waals surface area contributed by atoms with Gasteiger partial charge in [0.2, 0.25) is 0 Å². The Morgan fingerprint density at radius 3 is 2.00 bits per heavy atom. The molecule has 0 aromatic rings. The van der Waals surface area contributed by atoms with Crippen LogP contribution in [0.15, 0.2) is 0 Å². The topological polar surface area (TPSA) is 40.5 Å². The van der Waals surface area contributed by atoms with Gasteiger partial charge >= 0.3 is 0 Å². The Bertz CT molecular complexity index is 89.4. The Hall–Kier alpha value is 0.970. The van der Waals surface area contributed by atoms with E-state index in [1.54, 1.807) is 0 Å². The molecule has 62 valence electrons. The second-order valence-electron chi connectivity index (χ2n) is 2.15. The summed E-state index contributed by atoms with van der Waals surface area (Å²) >= 11 is 12.1. The lowest BCUT2D eigenvalue weighted by Crippen LogP contribution is -2.07. The van der Waals surface area contributed by atoms with Crippen LogP contribution in [0.4, 0.5) is 0 Å². The van der Waals surface area contributed by atoms with Gasteiger partial charge in [-0.15, -0.1) is 0 Å². The van der Waals surface area contributed by atoms with Gasteiger partial charge in [-0.05, 0) is 19.3 Å². The van der Waals surface area contributed by atoms with Crippen LogP contribution < -0.4 is 0 Å². The molecule has 0 aromatic heterocycles. The molecule has 0 aliphatic heterocycles. The van der Waals surface area contributed by atoms with Gasteiger partial charge in [0.1, 0.15) is 0 Å². The molecule has 0 atom stereocenters. The van der Waals surface area contributed by atoms with Crippen molar-refractivity contribution in [3.05, 3.63) is 0 Å². The van der Waals surface area contributed by atoms with Gasteiger partial charge in [-0.1, -0.05) is 0 Å². The molecule has 0 rings (SSSR count). The summed E-state index contributed by atoms with van der Waals surface area (Å²) in [7, 11) is 0. The first-order chi connectivity index (χ1) is 4.42. The van der Waals surface area contributed by atoms with E-state index in [1.807, 2.05) is 0 Å². The molecule has 0 fully saturated rings. The van der Waals surface area contributed by atoms with Crippen LogP contribution in [-0.4, -0.2) is 19.9 Å². The summed E-state index contributed by atoms with van der Waals surface area (Å²) in [6, 6.07) is 0. The molecule has 0 aliphatic carbocycles. The van der Waals surface area contributed by atoms with Crippen molar-refractivity contribution >= 4 is 37.9 Å². The van der Waals surface area contributed by atoms with Crippen molar-refractivity contribution in [1.29, 1.82) is 0 Å². The molecule has 0 amide bonds. The maximum absolute atomic E-state index is 8.43. The number of hydrogen-bond acceptors (Lipinski definition) is 5. The third-order valence-electron chi connectivity index (χ3n) is 0.975. The predicted molar refractivity (Wildman–Crippen MR) is 51.8 cm³/mol. The highest BCUT2D eigenvalue weighted by Gasteiger charge is 2.13. The molecule has 2 nitrogen and oxygen atoms in total. The largest absolute Gasteiger partial charge is 0.368 e. The van der Waals surface area contributed by atoms with Crippen LogP contribution in [-0.2, 0) is 0 Å². The normalized spacial score (nSPS) is 12.6. The fourth-order valence-corrected chi connectivity index (χ4v) is 0.996. The van der Waals surface area contributed by atoms with E-state index in [2.05, 4.69) is 37.9 Å². The van der Waals surface area contributed by atoms with Crippen LogP contribution in [0.3, 0.4) is 0 Å². The third kappa shape index (κ3) is 8.97. The van der Waals surface area contributed by atoms with Crippen molar-refractivity contribution in [2.24, 2.45) is 0 Å².